The molecule has 0 aliphatic carbocycles. The first-order valence-electron chi connectivity index (χ1n) is 11.0. The van der Waals surface area contributed by atoms with Gasteiger partial charge in [0.25, 0.3) is 5.91 Å². The van der Waals surface area contributed by atoms with Gasteiger partial charge in [0.05, 0.1) is 12.0 Å². The van der Waals surface area contributed by atoms with Gasteiger partial charge in [-0.1, -0.05) is 31.2 Å². The van der Waals surface area contributed by atoms with Crippen molar-refractivity contribution < 1.29 is 14.0 Å². The highest BCUT2D eigenvalue weighted by Gasteiger charge is 2.29. The molecule has 1 fully saturated rings. The van der Waals surface area contributed by atoms with E-state index in [1.165, 1.54) is 35.4 Å². The summed E-state index contributed by atoms with van der Waals surface area (Å²) in [6, 6.07) is 14.2. The molecule has 0 spiro atoms. The number of hydrogen-bond donors (Lipinski definition) is 1. The van der Waals surface area contributed by atoms with E-state index in [1.54, 1.807) is 4.90 Å². The molecule has 1 saturated heterocycles. The topological polar surface area (TPSA) is 52.7 Å². The molecule has 1 heterocycles. The van der Waals surface area contributed by atoms with Gasteiger partial charge >= 0.3 is 0 Å². The number of carbonyl (C=O) groups excluding carboxylic acids is 2. The van der Waals surface area contributed by atoms with Gasteiger partial charge in [-0.3, -0.25) is 9.59 Å². The largest absolute Gasteiger partial charge is 0.354 e. The summed E-state index contributed by atoms with van der Waals surface area (Å²) < 4.78 is 13.1. The molecule has 0 saturated carbocycles. The van der Waals surface area contributed by atoms with Gasteiger partial charge in [-0.25, -0.2) is 4.39 Å². The number of benzene rings is 2. The summed E-state index contributed by atoms with van der Waals surface area (Å²) in [4.78, 5) is 29.4. The minimum Gasteiger partial charge on any atom is -0.354 e. The Morgan fingerprint density at radius 1 is 1.13 bits per heavy atom. The Morgan fingerprint density at radius 3 is 2.42 bits per heavy atom. The number of amides is 2. The first-order valence-corrected chi connectivity index (χ1v) is 11.0. The second-order valence-corrected chi connectivity index (χ2v) is 8.42. The van der Waals surface area contributed by atoms with Gasteiger partial charge in [-0.05, 0) is 68.8 Å². The van der Waals surface area contributed by atoms with E-state index >= 15 is 0 Å². The molecule has 2 atom stereocenters. The summed E-state index contributed by atoms with van der Waals surface area (Å²) in [6.45, 7) is 3.65. The third-order valence-electron chi connectivity index (χ3n) is 6.04. The van der Waals surface area contributed by atoms with Crippen molar-refractivity contribution >= 4 is 11.8 Å². The van der Waals surface area contributed by atoms with Gasteiger partial charge in [0.2, 0.25) is 5.91 Å². The van der Waals surface area contributed by atoms with Gasteiger partial charge in [-0.15, -0.1) is 0 Å². The number of likely N-dealkylation sites (tertiary alicyclic amines) is 1. The molecule has 0 radical (unpaired) electrons. The molecule has 1 N–H and O–H groups in total. The molecule has 0 aromatic heterocycles. The second kappa shape index (κ2) is 10.5. The molecule has 1 aliphatic heterocycles. The maximum Gasteiger partial charge on any atom is 0.253 e. The van der Waals surface area contributed by atoms with E-state index < -0.39 is 0 Å². The van der Waals surface area contributed by atoms with Crippen LogP contribution in [0.4, 0.5) is 4.39 Å². The predicted octanol–water partition coefficient (Wildman–Crippen LogP) is 3.66. The van der Waals surface area contributed by atoms with Crippen molar-refractivity contribution in [3.05, 3.63) is 71.0 Å². The van der Waals surface area contributed by atoms with Crippen LogP contribution in [0.15, 0.2) is 48.5 Å². The summed E-state index contributed by atoms with van der Waals surface area (Å²) in [5.74, 6) is -0.774. The Hall–Kier alpha value is -2.73. The minimum absolute atomic E-state index is 0.0198. The molecular formula is C25H32FN3O2. The van der Waals surface area contributed by atoms with Crippen molar-refractivity contribution in [2.24, 2.45) is 5.92 Å². The zero-order valence-corrected chi connectivity index (χ0v) is 18.6. The Balaban J connectivity index is 1.59. The van der Waals surface area contributed by atoms with E-state index in [0.717, 1.165) is 19.3 Å². The summed E-state index contributed by atoms with van der Waals surface area (Å²) in [6.07, 6.45) is 2.54. The highest BCUT2D eigenvalue weighted by atomic mass is 19.1. The summed E-state index contributed by atoms with van der Waals surface area (Å²) in [7, 11) is 4.02. The fourth-order valence-electron chi connectivity index (χ4n) is 4.07. The molecule has 0 unspecified atom stereocenters. The number of nitrogens with zero attached hydrogens (tertiary/aromatic N) is 2. The van der Waals surface area contributed by atoms with Crippen LogP contribution in [0.3, 0.4) is 0 Å². The van der Waals surface area contributed by atoms with Crippen molar-refractivity contribution in [1.29, 1.82) is 0 Å². The Kier molecular flexibility index (Phi) is 7.80. The molecular weight excluding hydrogens is 393 g/mol. The van der Waals surface area contributed by atoms with Crippen molar-refractivity contribution in [3.63, 3.8) is 0 Å². The van der Waals surface area contributed by atoms with Gasteiger partial charge in [0, 0.05) is 25.2 Å². The van der Waals surface area contributed by atoms with Gasteiger partial charge < -0.3 is 15.1 Å². The van der Waals surface area contributed by atoms with E-state index in [2.05, 4.69) is 41.4 Å². The quantitative estimate of drug-likeness (QED) is 0.737. The number of nitrogens with one attached hydrogen (secondary N) is 1. The molecule has 1 aliphatic rings. The number of carbonyl (C=O) groups is 2. The SMILES string of the molecule is CCc1ccc([C@H](CNC(=O)[C@@H]2CCCN(C(=O)c3ccc(F)cc3)C2)N(C)C)cc1. The summed E-state index contributed by atoms with van der Waals surface area (Å²) in [5.41, 5.74) is 2.91. The molecule has 2 aromatic rings. The third-order valence-corrected chi connectivity index (χ3v) is 6.04. The Bertz CT molecular complexity index is 881. The average molecular weight is 426 g/mol. The molecule has 2 amide bonds. The van der Waals surface area contributed by atoms with E-state index in [4.69, 9.17) is 0 Å². The van der Waals surface area contributed by atoms with Crippen LogP contribution in [0.2, 0.25) is 0 Å². The monoisotopic (exact) mass is 425 g/mol. The lowest BCUT2D eigenvalue weighted by Gasteiger charge is -2.33. The van der Waals surface area contributed by atoms with Crippen molar-refractivity contribution in [3.8, 4) is 0 Å². The fraction of sp³-hybridized carbons (Fsp3) is 0.440. The molecule has 2 aromatic carbocycles. The van der Waals surface area contributed by atoms with E-state index in [9.17, 15) is 14.0 Å². The lowest BCUT2D eigenvalue weighted by atomic mass is 9.96. The van der Waals surface area contributed by atoms with Crippen LogP contribution in [-0.2, 0) is 11.2 Å². The molecule has 31 heavy (non-hydrogen) atoms. The third kappa shape index (κ3) is 5.91. The van der Waals surface area contributed by atoms with Crippen LogP contribution in [0.1, 0.15) is 47.3 Å². The van der Waals surface area contributed by atoms with Gasteiger partial charge in [0.1, 0.15) is 5.82 Å². The summed E-state index contributed by atoms with van der Waals surface area (Å²) in [5, 5.41) is 3.10. The predicted molar refractivity (Wildman–Crippen MR) is 120 cm³/mol. The second-order valence-electron chi connectivity index (χ2n) is 8.42. The molecule has 5 nitrogen and oxygen atoms in total. The lowest BCUT2D eigenvalue weighted by Crippen LogP contribution is -2.46. The minimum atomic E-state index is -0.368. The van der Waals surface area contributed by atoms with Crippen molar-refractivity contribution in [1.82, 2.24) is 15.1 Å². The standard InChI is InChI=1S/C25H32FN3O2/c1-4-18-7-9-19(10-8-18)23(28(2)3)16-27-24(30)21-6-5-15-29(17-21)25(31)20-11-13-22(26)14-12-20/h7-14,21,23H,4-6,15-17H2,1-3H3,(H,27,30)/t21-,23+/m1/s1. The normalized spacial score (nSPS) is 17.5. The lowest BCUT2D eigenvalue weighted by molar-refractivity contribution is -0.126. The van der Waals surface area contributed by atoms with Crippen LogP contribution in [-0.4, -0.2) is 55.3 Å². The zero-order valence-electron chi connectivity index (χ0n) is 18.6. The maximum absolute atomic E-state index is 13.1. The van der Waals surface area contributed by atoms with E-state index in [-0.39, 0.29) is 29.6 Å². The Labute approximate surface area is 184 Å². The van der Waals surface area contributed by atoms with Crippen LogP contribution in [0.5, 0.6) is 0 Å². The Morgan fingerprint density at radius 2 is 1.81 bits per heavy atom. The van der Waals surface area contributed by atoms with Crippen LogP contribution < -0.4 is 5.32 Å². The van der Waals surface area contributed by atoms with Gasteiger partial charge in [0.15, 0.2) is 0 Å². The van der Waals surface area contributed by atoms with Crippen LogP contribution in [0.25, 0.3) is 0 Å². The highest BCUT2D eigenvalue weighted by Crippen LogP contribution is 2.21. The number of rotatable bonds is 7. The molecule has 0 bridgehead atoms. The highest BCUT2D eigenvalue weighted by molar-refractivity contribution is 5.94. The number of likely N-dealkylation sites (N-methyl/N-ethyl adjacent to an activating group) is 1. The van der Waals surface area contributed by atoms with E-state index in [0.29, 0.717) is 25.2 Å². The van der Waals surface area contributed by atoms with Crippen LogP contribution >= 0.6 is 0 Å². The maximum atomic E-state index is 13.1. The van der Waals surface area contributed by atoms with Crippen LogP contribution in [0, 0.1) is 11.7 Å². The first-order chi connectivity index (χ1) is 14.9. The summed E-state index contributed by atoms with van der Waals surface area (Å²) >= 11 is 0. The average Bonchev–Trinajstić information content (AvgIpc) is 2.79. The molecule has 6 heteroatoms. The van der Waals surface area contributed by atoms with Gasteiger partial charge in [-0.2, -0.15) is 0 Å². The fourth-order valence-corrected chi connectivity index (χ4v) is 4.07. The first kappa shape index (κ1) is 22.9. The number of halogens is 1. The number of aryl methyl sites for hydroxylation is 1. The number of hydrogen-bond acceptors (Lipinski definition) is 3. The number of piperidine rings is 1. The van der Waals surface area contributed by atoms with Crippen molar-refractivity contribution in [2.45, 2.75) is 32.2 Å². The smallest absolute Gasteiger partial charge is 0.253 e. The van der Waals surface area contributed by atoms with Crippen molar-refractivity contribution in [2.75, 3.05) is 33.7 Å². The molecule has 166 valence electrons. The van der Waals surface area contributed by atoms with E-state index in [1.807, 2.05) is 14.1 Å². The molecule has 3 rings (SSSR count). The zero-order chi connectivity index (χ0) is 22.4.